The molecule has 6 nitrogen and oxygen atoms in total. The first kappa shape index (κ1) is 17.7. The monoisotopic (exact) mass is 339 g/mol. The molecule has 0 saturated heterocycles. The normalized spacial score (nSPS) is 18.1. The third-order valence-electron chi connectivity index (χ3n) is 4.08. The SMILES string of the molecule is N#CC1(SCC(ON)c2cc([N+](=O)[O-])ccc2F)CCCCC1. The maximum absolute atomic E-state index is 14.0. The number of hydrogen-bond donors (Lipinski definition) is 1. The quantitative estimate of drug-likeness (QED) is 0.627. The van der Waals surface area contributed by atoms with E-state index in [0.29, 0.717) is 0 Å². The van der Waals surface area contributed by atoms with Crippen LogP contribution in [0.3, 0.4) is 0 Å². The third-order valence-corrected chi connectivity index (χ3v) is 5.60. The van der Waals surface area contributed by atoms with Crippen LogP contribution in [0.25, 0.3) is 0 Å². The van der Waals surface area contributed by atoms with E-state index in [1.807, 2.05) is 0 Å². The van der Waals surface area contributed by atoms with Crippen LogP contribution in [0.5, 0.6) is 0 Å². The summed E-state index contributed by atoms with van der Waals surface area (Å²) in [5, 5.41) is 20.3. The molecule has 1 aromatic carbocycles. The standard InChI is InChI=1S/C15H18FN3O3S/c16-13-5-4-11(19(20)21)8-12(13)14(22-18)9-23-15(10-17)6-2-1-3-7-15/h4-5,8,14H,1-3,6-7,9,18H2. The fourth-order valence-corrected chi connectivity index (χ4v) is 4.11. The van der Waals surface area contributed by atoms with Crippen LogP contribution in [0.15, 0.2) is 18.2 Å². The second-order valence-electron chi connectivity index (χ2n) is 5.57. The Balaban J connectivity index is 2.15. The van der Waals surface area contributed by atoms with E-state index in [0.717, 1.165) is 50.3 Å². The van der Waals surface area contributed by atoms with Crippen molar-refractivity contribution < 1.29 is 14.2 Å². The van der Waals surface area contributed by atoms with Gasteiger partial charge in [-0.1, -0.05) is 19.3 Å². The van der Waals surface area contributed by atoms with Gasteiger partial charge in [-0.3, -0.25) is 15.0 Å². The highest BCUT2D eigenvalue weighted by Gasteiger charge is 2.34. The molecule has 23 heavy (non-hydrogen) atoms. The molecule has 8 heteroatoms. The highest BCUT2D eigenvalue weighted by molar-refractivity contribution is 8.00. The number of rotatable bonds is 6. The number of benzene rings is 1. The van der Waals surface area contributed by atoms with Gasteiger partial charge in [0.25, 0.3) is 5.69 Å². The fraction of sp³-hybridized carbons (Fsp3) is 0.533. The molecule has 0 spiro atoms. The predicted molar refractivity (Wildman–Crippen MR) is 85.0 cm³/mol. The van der Waals surface area contributed by atoms with E-state index >= 15 is 0 Å². The summed E-state index contributed by atoms with van der Waals surface area (Å²) in [5.41, 5.74) is -0.181. The Labute approximate surface area is 137 Å². The van der Waals surface area contributed by atoms with Gasteiger partial charge in [0.2, 0.25) is 0 Å². The van der Waals surface area contributed by atoms with Gasteiger partial charge in [-0.25, -0.2) is 10.3 Å². The molecular formula is C15H18FN3O3S. The zero-order chi connectivity index (χ0) is 16.9. The van der Waals surface area contributed by atoms with Crippen molar-refractivity contribution in [3.63, 3.8) is 0 Å². The molecule has 1 aliphatic rings. The number of non-ortho nitro benzene ring substituents is 1. The molecule has 2 rings (SSSR count). The van der Waals surface area contributed by atoms with Crippen molar-refractivity contribution in [2.45, 2.75) is 43.0 Å². The molecular weight excluding hydrogens is 321 g/mol. The summed E-state index contributed by atoms with van der Waals surface area (Å²) in [4.78, 5) is 15.1. The number of nitrogens with two attached hydrogens (primary N) is 1. The van der Waals surface area contributed by atoms with Gasteiger partial charge in [0, 0.05) is 23.4 Å². The number of nitro benzene ring substituents is 1. The van der Waals surface area contributed by atoms with E-state index in [1.54, 1.807) is 0 Å². The van der Waals surface area contributed by atoms with Gasteiger partial charge in [-0.05, 0) is 18.9 Å². The summed E-state index contributed by atoms with van der Waals surface area (Å²) in [7, 11) is 0. The van der Waals surface area contributed by atoms with Gasteiger partial charge in [0.1, 0.15) is 16.7 Å². The van der Waals surface area contributed by atoms with Crippen LogP contribution < -0.4 is 5.90 Å². The van der Waals surface area contributed by atoms with E-state index in [-0.39, 0.29) is 17.0 Å². The summed E-state index contributed by atoms with van der Waals surface area (Å²) in [5.74, 6) is 4.92. The number of hydrogen-bond acceptors (Lipinski definition) is 6. The lowest BCUT2D eigenvalue weighted by molar-refractivity contribution is -0.385. The van der Waals surface area contributed by atoms with Crippen LogP contribution in [-0.4, -0.2) is 15.4 Å². The number of nitriles is 1. The van der Waals surface area contributed by atoms with Crippen LogP contribution in [0.4, 0.5) is 10.1 Å². The molecule has 0 heterocycles. The van der Waals surface area contributed by atoms with Gasteiger partial charge in [-0.15, -0.1) is 11.8 Å². The Kier molecular flexibility index (Phi) is 5.93. The average molecular weight is 339 g/mol. The van der Waals surface area contributed by atoms with Crippen LogP contribution in [0, 0.1) is 27.3 Å². The minimum Gasteiger partial charge on any atom is -0.296 e. The number of thioether (sulfide) groups is 1. The third kappa shape index (κ3) is 4.19. The Morgan fingerprint density at radius 2 is 2.17 bits per heavy atom. The maximum atomic E-state index is 14.0. The van der Waals surface area contributed by atoms with E-state index in [2.05, 4.69) is 6.07 Å². The first-order chi connectivity index (χ1) is 11.0. The van der Waals surface area contributed by atoms with Crippen molar-refractivity contribution >= 4 is 17.4 Å². The average Bonchev–Trinajstić information content (AvgIpc) is 2.57. The molecule has 0 aliphatic heterocycles. The lowest BCUT2D eigenvalue weighted by Gasteiger charge is -2.31. The highest BCUT2D eigenvalue weighted by Crippen LogP contribution is 2.41. The van der Waals surface area contributed by atoms with Gasteiger partial charge in [0.15, 0.2) is 0 Å². The molecule has 1 aromatic rings. The molecule has 2 N–H and O–H groups in total. The molecule has 1 unspecified atom stereocenters. The molecule has 0 amide bonds. The molecule has 1 fully saturated rings. The van der Waals surface area contributed by atoms with E-state index in [9.17, 15) is 19.8 Å². The van der Waals surface area contributed by atoms with Crippen molar-refractivity contribution in [1.29, 1.82) is 5.26 Å². The Morgan fingerprint density at radius 1 is 1.48 bits per heavy atom. The van der Waals surface area contributed by atoms with Crippen molar-refractivity contribution in [3.05, 3.63) is 39.7 Å². The zero-order valence-corrected chi connectivity index (χ0v) is 13.4. The Hall–Kier alpha value is -1.69. The molecule has 1 saturated carbocycles. The molecule has 0 radical (unpaired) electrons. The second kappa shape index (κ2) is 7.73. The predicted octanol–water partition coefficient (Wildman–Crippen LogP) is 3.62. The van der Waals surface area contributed by atoms with Gasteiger partial charge in [0.05, 0.1) is 11.0 Å². The van der Waals surface area contributed by atoms with Crippen molar-refractivity contribution in [2.75, 3.05) is 5.75 Å². The van der Waals surface area contributed by atoms with Crippen LogP contribution >= 0.6 is 11.8 Å². The Bertz CT molecular complexity index is 614. The summed E-state index contributed by atoms with van der Waals surface area (Å²) in [6.45, 7) is 0. The molecule has 0 bridgehead atoms. The first-order valence-electron chi connectivity index (χ1n) is 7.36. The van der Waals surface area contributed by atoms with Crippen LogP contribution in [-0.2, 0) is 4.84 Å². The summed E-state index contributed by atoms with van der Waals surface area (Å²) < 4.78 is 13.5. The fourth-order valence-electron chi connectivity index (χ4n) is 2.74. The van der Waals surface area contributed by atoms with Gasteiger partial charge >= 0.3 is 0 Å². The molecule has 0 aromatic heterocycles. The lowest BCUT2D eigenvalue weighted by Crippen LogP contribution is -2.28. The topological polar surface area (TPSA) is 102 Å². The maximum Gasteiger partial charge on any atom is 0.270 e. The minimum atomic E-state index is -0.841. The second-order valence-corrected chi connectivity index (χ2v) is 6.97. The largest absolute Gasteiger partial charge is 0.296 e. The van der Waals surface area contributed by atoms with E-state index < -0.39 is 21.6 Å². The number of nitro groups is 1. The molecule has 1 atom stereocenters. The van der Waals surface area contributed by atoms with E-state index in [4.69, 9.17) is 10.7 Å². The van der Waals surface area contributed by atoms with Crippen LogP contribution in [0.1, 0.15) is 43.8 Å². The van der Waals surface area contributed by atoms with E-state index in [1.165, 1.54) is 11.8 Å². The first-order valence-corrected chi connectivity index (χ1v) is 8.34. The summed E-state index contributed by atoms with van der Waals surface area (Å²) in [6, 6.07) is 5.62. The number of nitrogens with zero attached hydrogens (tertiary/aromatic N) is 2. The molecule has 1 aliphatic carbocycles. The number of halogens is 1. The lowest BCUT2D eigenvalue weighted by atomic mass is 9.89. The van der Waals surface area contributed by atoms with Crippen LogP contribution in [0.2, 0.25) is 0 Å². The zero-order valence-electron chi connectivity index (χ0n) is 12.5. The highest BCUT2D eigenvalue weighted by atomic mass is 32.2. The van der Waals surface area contributed by atoms with Crippen molar-refractivity contribution in [3.8, 4) is 6.07 Å². The summed E-state index contributed by atoms with van der Waals surface area (Å²) >= 11 is 1.39. The molecule has 124 valence electrons. The van der Waals surface area contributed by atoms with Gasteiger partial charge < -0.3 is 0 Å². The van der Waals surface area contributed by atoms with Crippen molar-refractivity contribution in [1.82, 2.24) is 0 Å². The minimum absolute atomic E-state index is 0.0399. The van der Waals surface area contributed by atoms with Gasteiger partial charge in [-0.2, -0.15) is 5.26 Å². The smallest absolute Gasteiger partial charge is 0.270 e. The Morgan fingerprint density at radius 3 is 2.74 bits per heavy atom. The van der Waals surface area contributed by atoms with Crippen molar-refractivity contribution in [2.24, 2.45) is 5.90 Å². The summed E-state index contributed by atoms with van der Waals surface area (Å²) in [6.07, 6.45) is 3.80.